The molecule has 1 amide bonds. The number of carboxylic acid groups (broad SMARTS) is 1. The number of nitrogens with zero attached hydrogens (tertiary/aromatic N) is 1. The monoisotopic (exact) mass is 425 g/mol. The van der Waals surface area contributed by atoms with Gasteiger partial charge in [0.05, 0.1) is 0 Å². The molecule has 17 heavy (non-hydrogen) atoms. The second-order valence-corrected chi connectivity index (χ2v) is 6.56. The fraction of sp³-hybridized carbons (Fsp3) is 0.333. The van der Waals surface area contributed by atoms with E-state index in [1.807, 2.05) is 0 Å². The first kappa shape index (κ1) is 18.5. The molecule has 0 aliphatic carbocycles. The van der Waals surface area contributed by atoms with E-state index in [0.717, 1.165) is 33.0 Å². The van der Waals surface area contributed by atoms with Crippen LogP contribution in [0.3, 0.4) is 0 Å². The zero-order valence-electron chi connectivity index (χ0n) is 10.8. The minimum absolute atomic E-state index is 0.0926. The van der Waals surface area contributed by atoms with Crippen LogP contribution in [0.2, 0.25) is 0 Å². The normalized spacial score (nSPS) is 7.88. The summed E-state index contributed by atoms with van der Waals surface area (Å²) in [5.41, 5.74) is 0. The van der Waals surface area contributed by atoms with Crippen LogP contribution in [0.25, 0.3) is 0 Å². The molecule has 0 saturated carbocycles. The molecular formula is C12H17HgNO3. The van der Waals surface area contributed by atoms with Crippen molar-refractivity contribution in [1.29, 1.82) is 0 Å². The van der Waals surface area contributed by atoms with Crippen LogP contribution in [0, 0.1) is 0 Å². The molecule has 0 unspecified atom stereocenters. The third-order valence-corrected chi connectivity index (χ3v) is 3.31. The molecule has 4 nitrogen and oxygen atoms in total. The van der Waals surface area contributed by atoms with Crippen LogP contribution in [0.4, 0.5) is 0 Å². The second kappa shape index (κ2) is 11.6. The number of hydrogen-bond donors (Lipinski definition) is 0. The Labute approximate surface area is 119 Å². The SMILES string of the molecule is CC(=O)N(C)C.CC(=O)[O-].[Hg+][c]1ccccc1. The van der Waals surface area contributed by atoms with Crippen LogP contribution in [0.15, 0.2) is 30.3 Å². The third kappa shape index (κ3) is 21.0. The zero-order valence-corrected chi connectivity index (χ0v) is 16.3. The maximum absolute atomic E-state index is 10.1. The third-order valence-electron chi connectivity index (χ3n) is 1.47. The molecule has 0 heterocycles. The van der Waals surface area contributed by atoms with Gasteiger partial charge in [-0.15, -0.1) is 0 Å². The summed E-state index contributed by atoms with van der Waals surface area (Å²) in [5, 5.41) is 8.89. The molecule has 90 valence electrons. The average Bonchev–Trinajstić information content (AvgIpc) is 2.18. The van der Waals surface area contributed by atoms with Gasteiger partial charge in [-0.1, -0.05) is 0 Å². The van der Waals surface area contributed by atoms with E-state index in [-0.39, 0.29) is 5.91 Å². The van der Waals surface area contributed by atoms with Gasteiger partial charge in [0, 0.05) is 27.0 Å². The molecule has 5 heteroatoms. The number of aliphatic carboxylic acids is 1. The van der Waals surface area contributed by atoms with E-state index >= 15 is 0 Å². The number of carboxylic acids is 1. The van der Waals surface area contributed by atoms with Crippen LogP contribution >= 0.6 is 0 Å². The van der Waals surface area contributed by atoms with Crippen molar-refractivity contribution >= 4 is 14.9 Å². The van der Waals surface area contributed by atoms with E-state index in [0.29, 0.717) is 0 Å². The Morgan fingerprint density at radius 1 is 1.12 bits per heavy atom. The Bertz CT molecular complexity index is 322. The predicted molar refractivity (Wildman–Crippen MR) is 61.1 cm³/mol. The Balaban J connectivity index is 0. The molecule has 0 aliphatic rings. The summed E-state index contributed by atoms with van der Waals surface area (Å²) in [4.78, 5) is 20.5. The molecule has 0 atom stereocenters. The van der Waals surface area contributed by atoms with Crippen molar-refractivity contribution in [2.24, 2.45) is 0 Å². The van der Waals surface area contributed by atoms with Crippen LogP contribution in [-0.2, 0) is 35.7 Å². The Morgan fingerprint density at radius 3 is 1.53 bits per heavy atom. The van der Waals surface area contributed by atoms with Crippen molar-refractivity contribution in [2.75, 3.05) is 14.1 Å². The summed E-state index contributed by atoms with van der Waals surface area (Å²) < 4.78 is 1.52. The van der Waals surface area contributed by atoms with Crippen LogP contribution < -0.4 is 8.18 Å². The summed E-state index contributed by atoms with van der Waals surface area (Å²) in [5.74, 6) is -0.991. The molecule has 1 aromatic carbocycles. The van der Waals surface area contributed by atoms with E-state index < -0.39 is 5.97 Å². The molecule has 1 rings (SSSR count). The number of amides is 1. The molecule has 0 saturated heterocycles. The fourth-order valence-corrected chi connectivity index (χ4v) is 1.54. The predicted octanol–water partition coefficient (Wildman–Crippen LogP) is -0.291. The number of carbonyl (C=O) groups is 2. The van der Waals surface area contributed by atoms with Gasteiger partial charge < -0.3 is 14.8 Å². The molecule has 0 bridgehead atoms. The summed E-state index contributed by atoms with van der Waals surface area (Å²) in [7, 11) is 3.45. The minimum atomic E-state index is -1.08. The average molecular weight is 424 g/mol. The number of rotatable bonds is 0. The Morgan fingerprint density at radius 2 is 1.41 bits per heavy atom. The standard InChI is InChI=1S/C6H5.C4H9NO.C2H4O2.Hg/c1-2-4-6-5-3-1;1-4(6)5(2)3;1-2(3)4;/h1-5H;1-3H3;1H3,(H,3,4);/q;;;+1/p-1. The van der Waals surface area contributed by atoms with E-state index in [9.17, 15) is 4.79 Å². The number of benzene rings is 1. The number of carbonyl (C=O) groups excluding carboxylic acids is 2. The van der Waals surface area contributed by atoms with Crippen molar-refractivity contribution in [3.63, 3.8) is 0 Å². The van der Waals surface area contributed by atoms with E-state index in [1.54, 1.807) is 14.1 Å². The van der Waals surface area contributed by atoms with Gasteiger partial charge in [-0.3, -0.25) is 4.79 Å². The van der Waals surface area contributed by atoms with Gasteiger partial charge in [0.1, 0.15) is 0 Å². The van der Waals surface area contributed by atoms with Crippen LogP contribution in [-0.4, -0.2) is 30.9 Å². The molecule has 0 radical (unpaired) electrons. The second-order valence-electron chi connectivity index (χ2n) is 3.39. The first-order valence-electron chi connectivity index (χ1n) is 4.99. The number of hydrogen-bond acceptors (Lipinski definition) is 3. The Kier molecular flexibility index (Phi) is 12.6. The quantitative estimate of drug-likeness (QED) is 0.539. The fourth-order valence-electron chi connectivity index (χ4n) is 0.478. The van der Waals surface area contributed by atoms with Crippen molar-refractivity contribution in [2.45, 2.75) is 13.8 Å². The van der Waals surface area contributed by atoms with Gasteiger partial charge in [-0.25, -0.2) is 0 Å². The summed E-state index contributed by atoms with van der Waals surface area (Å²) in [6.07, 6.45) is 0. The molecule has 0 spiro atoms. The molecule has 1 aromatic rings. The van der Waals surface area contributed by atoms with Gasteiger partial charge >= 0.3 is 59.5 Å². The van der Waals surface area contributed by atoms with Crippen molar-refractivity contribution in [1.82, 2.24) is 4.90 Å². The molecule has 0 aromatic heterocycles. The van der Waals surface area contributed by atoms with Gasteiger partial charge in [0.15, 0.2) is 0 Å². The first-order valence-corrected chi connectivity index (χ1v) is 7.74. The summed E-state index contributed by atoms with van der Waals surface area (Å²) in [6.45, 7) is 2.50. The topological polar surface area (TPSA) is 60.4 Å². The van der Waals surface area contributed by atoms with E-state index in [4.69, 9.17) is 9.90 Å². The Hall–Kier alpha value is -0.905. The van der Waals surface area contributed by atoms with Crippen molar-refractivity contribution in [3.05, 3.63) is 30.3 Å². The molecule has 0 fully saturated rings. The van der Waals surface area contributed by atoms with Crippen molar-refractivity contribution in [3.8, 4) is 0 Å². The van der Waals surface area contributed by atoms with Gasteiger partial charge in [-0.2, -0.15) is 0 Å². The molecular weight excluding hydrogens is 407 g/mol. The van der Waals surface area contributed by atoms with Gasteiger partial charge in [-0.05, 0) is 6.92 Å². The van der Waals surface area contributed by atoms with Gasteiger partial charge in [0.25, 0.3) is 0 Å². The summed E-state index contributed by atoms with van der Waals surface area (Å²) >= 11 is 0.810. The summed E-state index contributed by atoms with van der Waals surface area (Å²) in [6, 6.07) is 10.6. The van der Waals surface area contributed by atoms with E-state index in [1.165, 1.54) is 14.9 Å². The molecule has 0 N–H and O–H groups in total. The van der Waals surface area contributed by atoms with Crippen molar-refractivity contribution < 1.29 is 40.8 Å². The first-order chi connectivity index (χ1) is 7.77. The maximum atomic E-state index is 10.1. The van der Waals surface area contributed by atoms with Gasteiger partial charge in [0.2, 0.25) is 5.91 Å². The van der Waals surface area contributed by atoms with Crippen LogP contribution in [0.5, 0.6) is 0 Å². The van der Waals surface area contributed by atoms with Crippen LogP contribution in [0.1, 0.15) is 13.8 Å². The van der Waals surface area contributed by atoms with E-state index in [2.05, 4.69) is 30.3 Å². The molecule has 0 aliphatic heterocycles. The zero-order chi connectivity index (χ0) is 13.8.